The maximum Gasteiger partial charge on any atom is 0.274 e. The number of nitrogens with zero attached hydrogens (tertiary/aromatic N) is 1. The topological polar surface area (TPSA) is 52.4 Å². The minimum absolute atomic E-state index is 0.0140. The highest BCUT2D eigenvalue weighted by Gasteiger charge is 2.38. The number of carbonyl (C=O) groups excluding carboxylic acids is 1. The third-order valence-electron chi connectivity index (χ3n) is 3.27. The highest BCUT2D eigenvalue weighted by Crippen LogP contribution is 2.33. The number of Topliss-reactive ketones (excluding diaryl/α,β-unsaturated/α-hetero) is 1. The number of rotatable bonds is 2. The number of benzene rings is 2. The van der Waals surface area contributed by atoms with Crippen molar-refractivity contribution < 1.29 is 14.3 Å². The van der Waals surface area contributed by atoms with Gasteiger partial charge in [0.1, 0.15) is 11.3 Å². The quantitative estimate of drug-likeness (QED) is 0.624. The molecule has 0 N–H and O–H groups in total. The molecule has 2 aromatic carbocycles. The highest BCUT2D eigenvalue weighted by atomic mass is 35.5. The molecule has 106 valence electrons. The number of methoxy groups -OCH3 is 1. The van der Waals surface area contributed by atoms with E-state index in [0.29, 0.717) is 26.6 Å². The lowest BCUT2D eigenvalue weighted by Gasteiger charge is -2.04. The number of hydrogen-bond donors (Lipinski definition) is 0. The van der Waals surface area contributed by atoms with E-state index in [1.807, 2.05) is 0 Å². The normalized spacial score (nSPS) is 13.6. The molecule has 0 aliphatic carbocycles. The monoisotopic (exact) mass is 321 g/mol. The predicted molar refractivity (Wildman–Crippen MR) is 81.2 cm³/mol. The Labute approximate surface area is 130 Å². The summed E-state index contributed by atoms with van der Waals surface area (Å²) in [7, 11) is 1.50. The summed E-state index contributed by atoms with van der Waals surface area (Å²) in [4.78, 5) is 12.5. The second kappa shape index (κ2) is 5.06. The molecule has 0 spiro atoms. The Balaban J connectivity index is 2.17. The molecule has 1 aliphatic rings. The van der Waals surface area contributed by atoms with Crippen LogP contribution in [0.15, 0.2) is 36.4 Å². The molecule has 3 rings (SSSR count). The fraction of sp³-hybridized carbons (Fsp3) is 0.0667. The van der Waals surface area contributed by atoms with Crippen LogP contribution in [-0.4, -0.2) is 23.3 Å². The molecule has 1 heterocycles. The Morgan fingerprint density at radius 1 is 1.10 bits per heavy atom. The van der Waals surface area contributed by atoms with E-state index in [2.05, 4.69) is 0 Å². The van der Waals surface area contributed by atoms with Gasteiger partial charge in [-0.1, -0.05) is 23.2 Å². The summed E-state index contributed by atoms with van der Waals surface area (Å²) in [6.07, 6.45) is 0. The van der Waals surface area contributed by atoms with Crippen LogP contribution in [0.4, 0.5) is 5.69 Å². The van der Waals surface area contributed by atoms with Gasteiger partial charge in [0.15, 0.2) is 0 Å². The van der Waals surface area contributed by atoms with Crippen LogP contribution in [-0.2, 0) is 0 Å². The largest absolute Gasteiger partial charge is 0.618 e. The lowest BCUT2D eigenvalue weighted by atomic mass is 10.0. The molecular formula is C15H9Cl2NO3. The molecule has 1 aliphatic heterocycles. The van der Waals surface area contributed by atoms with Crippen molar-refractivity contribution in [3.8, 4) is 5.75 Å². The number of carbonyl (C=O) groups is 1. The third-order valence-corrected chi connectivity index (χ3v) is 3.82. The molecule has 0 amide bonds. The molecule has 6 heteroatoms. The van der Waals surface area contributed by atoms with Crippen LogP contribution in [0.2, 0.25) is 10.0 Å². The van der Waals surface area contributed by atoms with E-state index in [4.69, 9.17) is 27.9 Å². The minimum Gasteiger partial charge on any atom is -0.618 e. The summed E-state index contributed by atoms with van der Waals surface area (Å²) >= 11 is 11.9. The van der Waals surface area contributed by atoms with Gasteiger partial charge in [0.2, 0.25) is 5.69 Å². The summed E-state index contributed by atoms with van der Waals surface area (Å²) < 4.78 is 5.67. The van der Waals surface area contributed by atoms with Crippen molar-refractivity contribution in [3.63, 3.8) is 0 Å². The van der Waals surface area contributed by atoms with Gasteiger partial charge in [0.05, 0.1) is 17.7 Å². The predicted octanol–water partition coefficient (Wildman–Crippen LogP) is 3.83. The van der Waals surface area contributed by atoms with E-state index in [1.54, 1.807) is 30.3 Å². The lowest BCUT2D eigenvalue weighted by molar-refractivity contribution is -0.355. The molecular weight excluding hydrogens is 313 g/mol. The van der Waals surface area contributed by atoms with Gasteiger partial charge in [-0.3, -0.25) is 4.79 Å². The van der Waals surface area contributed by atoms with E-state index in [9.17, 15) is 10.0 Å². The molecule has 0 fully saturated rings. The van der Waals surface area contributed by atoms with Crippen molar-refractivity contribution in [1.82, 2.24) is 0 Å². The molecule has 0 unspecified atom stereocenters. The van der Waals surface area contributed by atoms with Gasteiger partial charge in [-0.25, -0.2) is 0 Å². The van der Waals surface area contributed by atoms with Gasteiger partial charge >= 0.3 is 0 Å². The van der Waals surface area contributed by atoms with Crippen LogP contribution in [0.1, 0.15) is 15.9 Å². The highest BCUT2D eigenvalue weighted by molar-refractivity contribution is 6.54. The number of fused-ring (bicyclic) bond motifs is 1. The first-order valence-corrected chi connectivity index (χ1v) is 6.81. The number of hydrogen-bond acceptors (Lipinski definition) is 3. The van der Waals surface area contributed by atoms with Crippen LogP contribution in [0.5, 0.6) is 5.75 Å². The lowest BCUT2D eigenvalue weighted by Crippen LogP contribution is -2.17. The fourth-order valence-corrected chi connectivity index (χ4v) is 2.75. The fourth-order valence-electron chi connectivity index (χ4n) is 2.25. The SMILES string of the molecule is COc1ccc2c(c1)C(=O)C(c1ccc(Cl)cc1Cl)=[N+]2[O-]. The van der Waals surface area contributed by atoms with E-state index in [-0.39, 0.29) is 22.2 Å². The molecule has 0 saturated heterocycles. The zero-order valence-corrected chi connectivity index (χ0v) is 12.4. The van der Waals surface area contributed by atoms with Crippen LogP contribution < -0.4 is 4.74 Å². The molecule has 0 saturated carbocycles. The van der Waals surface area contributed by atoms with Crippen molar-refractivity contribution >= 4 is 40.4 Å². The van der Waals surface area contributed by atoms with Crippen LogP contribution in [0.3, 0.4) is 0 Å². The third kappa shape index (κ3) is 2.17. The first-order valence-electron chi connectivity index (χ1n) is 6.05. The zero-order valence-electron chi connectivity index (χ0n) is 10.9. The average Bonchev–Trinajstić information content (AvgIpc) is 2.71. The first-order chi connectivity index (χ1) is 10.0. The Hall–Kier alpha value is -2.04. The van der Waals surface area contributed by atoms with Gasteiger partial charge in [-0.2, -0.15) is 4.74 Å². The molecule has 2 aromatic rings. The summed E-state index contributed by atoms with van der Waals surface area (Å²) in [5, 5.41) is 13.1. The Morgan fingerprint density at radius 3 is 2.52 bits per heavy atom. The second-order valence-corrected chi connectivity index (χ2v) is 5.32. The van der Waals surface area contributed by atoms with Crippen LogP contribution in [0.25, 0.3) is 0 Å². The molecule has 0 bridgehead atoms. The molecule has 0 aromatic heterocycles. The van der Waals surface area contributed by atoms with Gasteiger partial charge in [-0.05, 0) is 30.3 Å². The summed E-state index contributed by atoms with van der Waals surface area (Å²) in [5.74, 6) is 0.127. The Bertz CT molecular complexity index is 800. The van der Waals surface area contributed by atoms with Crippen molar-refractivity contribution in [3.05, 3.63) is 62.8 Å². The van der Waals surface area contributed by atoms with Crippen molar-refractivity contribution in [2.45, 2.75) is 0 Å². The van der Waals surface area contributed by atoms with E-state index in [0.717, 1.165) is 0 Å². The molecule has 0 atom stereocenters. The summed E-state index contributed by atoms with van der Waals surface area (Å²) in [6, 6.07) is 9.36. The van der Waals surface area contributed by atoms with Crippen molar-refractivity contribution in [2.24, 2.45) is 0 Å². The van der Waals surface area contributed by atoms with E-state index in [1.165, 1.54) is 13.2 Å². The molecule has 0 radical (unpaired) electrons. The second-order valence-electron chi connectivity index (χ2n) is 4.48. The van der Waals surface area contributed by atoms with Crippen molar-refractivity contribution in [2.75, 3.05) is 7.11 Å². The van der Waals surface area contributed by atoms with E-state index < -0.39 is 0 Å². The van der Waals surface area contributed by atoms with Crippen molar-refractivity contribution in [1.29, 1.82) is 0 Å². The Morgan fingerprint density at radius 2 is 1.86 bits per heavy atom. The van der Waals surface area contributed by atoms with Gasteiger partial charge in [-0.15, -0.1) is 0 Å². The number of ketones is 1. The molecule has 4 nitrogen and oxygen atoms in total. The Kier molecular flexibility index (Phi) is 3.35. The maximum atomic E-state index is 12.5. The van der Waals surface area contributed by atoms with E-state index >= 15 is 0 Å². The smallest absolute Gasteiger partial charge is 0.274 e. The van der Waals surface area contributed by atoms with Gasteiger partial charge in [0.25, 0.3) is 11.5 Å². The van der Waals surface area contributed by atoms with Crippen LogP contribution >= 0.6 is 23.2 Å². The molecule has 21 heavy (non-hydrogen) atoms. The van der Waals surface area contributed by atoms with Gasteiger partial charge < -0.3 is 9.94 Å². The summed E-state index contributed by atoms with van der Waals surface area (Å²) in [5.41, 5.74) is 0.920. The van der Waals surface area contributed by atoms with Gasteiger partial charge in [0, 0.05) is 11.1 Å². The minimum atomic E-state index is -0.386. The first kappa shape index (κ1) is 13.9. The van der Waals surface area contributed by atoms with Crippen LogP contribution in [0, 0.1) is 5.21 Å². The summed E-state index contributed by atoms with van der Waals surface area (Å²) in [6.45, 7) is 0. The number of halogens is 2. The average molecular weight is 322 g/mol. The standard InChI is InChI=1S/C15H9Cl2NO3/c1-21-9-3-5-13-11(7-9)15(19)14(18(13)20)10-4-2-8(16)6-12(10)17/h2-7H,1H3. The zero-order chi connectivity index (χ0) is 15.1. The maximum absolute atomic E-state index is 12.5. The number of ether oxygens (including phenoxy) is 1.